The minimum atomic E-state index is -0.540. The van der Waals surface area contributed by atoms with Gasteiger partial charge in [0.1, 0.15) is 11.6 Å². The molecule has 1 N–H and O–H groups in total. The van der Waals surface area contributed by atoms with Crippen LogP contribution in [0.15, 0.2) is 36.4 Å². The Bertz CT molecular complexity index is 680. The molecule has 110 valence electrons. The molecule has 0 radical (unpaired) electrons. The third-order valence-electron chi connectivity index (χ3n) is 2.88. The molecule has 7 heteroatoms. The van der Waals surface area contributed by atoms with E-state index >= 15 is 0 Å². The molecule has 0 saturated heterocycles. The smallest absolute Gasteiger partial charge is 0.273 e. The summed E-state index contributed by atoms with van der Waals surface area (Å²) >= 11 is 5.80. The van der Waals surface area contributed by atoms with E-state index in [-0.39, 0.29) is 24.3 Å². The quantitative estimate of drug-likeness (QED) is 0.674. The van der Waals surface area contributed by atoms with Gasteiger partial charge < -0.3 is 5.32 Å². The van der Waals surface area contributed by atoms with Crippen LogP contribution in [0.1, 0.15) is 11.1 Å². The summed E-state index contributed by atoms with van der Waals surface area (Å²) in [5.41, 5.74) is 0.454. The van der Waals surface area contributed by atoms with Gasteiger partial charge in [0.15, 0.2) is 0 Å². The molecule has 0 spiro atoms. The molecule has 0 aliphatic rings. The predicted molar refractivity (Wildman–Crippen MR) is 75.0 cm³/mol. The first-order valence-electron chi connectivity index (χ1n) is 6.05. The van der Waals surface area contributed by atoms with E-state index in [1.807, 2.05) is 0 Å². The lowest BCUT2D eigenvalue weighted by molar-refractivity contribution is -0.385. The van der Waals surface area contributed by atoms with E-state index in [0.717, 1.165) is 18.2 Å². The van der Waals surface area contributed by atoms with Crippen molar-refractivity contribution in [1.29, 1.82) is 0 Å². The molecule has 21 heavy (non-hydrogen) atoms. The van der Waals surface area contributed by atoms with Gasteiger partial charge in [-0.3, -0.25) is 10.1 Å². The summed E-state index contributed by atoms with van der Waals surface area (Å²) in [6, 6.07) is 7.34. The first-order valence-corrected chi connectivity index (χ1v) is 6.42. The van der Waals surface area contributed by atoms with E-state index in [0.29, 0.717) is 10.6 Å². The Balaban J connectivity index is 2.08. The van der Waals surface area contributed by atoms with Crippen molar-refractivity contribution in [3.05, 3.63) is 74.3 Å². The molecule has 0 amide bonds. The minimum absolute atomic E-state index is 0.0489. The maximum Gasteiger partial charge on any atom is 0.273 e. The number of nitro groups is 1. The van der Waals surface area contributed by atoms with Crippen molar-refractivity contribution >= 4 is 17.3 Å². The average molecular weight is 313 g/mol. The van der Waals surface area contributed by atoms with Crippen molar-refractivity contribution < 1.29 is 13.7 Å². The van der Waals surface area contributed by atoms with Crippen LogP contribution >= 0.6 is 11.6 Å². The fraction of sp³-hybridized carbons (Fsp3) is 0.143. The topological polar surface area (TPSA) is 55.2 Å². The molecule has 0 aromatic heterocycles. The van der Waals surface area contributed by atoms with Crippen molar-refractivity contribution in [2.45, 2.75) is 13.1 Å². The van der Waals surface area contributed by atoms with Crippen LogP contribution < -0.4 is 5.32 Å². The second-order valence-corrected chi connectivity index (χ2v) is 4.81. The van der Waals surface area contributed by atoms with Gasteiger partial charge in [-0.05, 0) is 30.3 Å². The van der Waals surface area contributed by atoms with Crippen molar-refractivity contribution in [3.8, 4) is 0 Å². The first kappa shape index (κ1) is 15.3. The van der Waals surface area contributed by atoms with Crippen LogP contribution in [0.5, 0.6) is 0 Å². The van der Waals surface area contributed by atoms with Crippen molar-refractivity contribution in [1.82, 2.24) is 5.32 Å². The number of nitrogens with one attached hydrogen (secondary N) is 1. The van der Waals surface area contributed by atoms with Crippen LogP contribution in [0.2, 0.25) is 5.02 Å². The number of nitrogens with zero attached hydrogens (tertiary/aromatic N) is 1. The van der Waals surface area contributed by atoms with Gasteiger partial charge in [0.25, 0.3) is 5.69 Å². The zero-order valence-corrected chi connectivity index (χ0v) is 11.5. The highest BCUT2D eigenvalue weighted by atomic mass is 35.5. The SMILES string of the molecule is O=[N+]([O-])c1ccc(Cl)cc1CNCc1cc(F)ccc1F. The summed E-state index contributed by atoms with van der Waals surface area (Å²) in [7, 11) is 0. The monoisotopic (exact) mass is 312 g/mol. The van der Waals surface area contributed by atoms with E-state index in [2.05, 4.69) is 5.32 Å². The van der Waals surface area contributed by atoms with Crippen molar-refractivity contribution in [3.63, 3.8) is 0 Å². The van der Waals surface area contributed by atoms with Crippen molar-refractivity contribution in [2.75, 3.05) is 0 Å². The molecule has 0 heterocycles. The highest BCUT2D eigenvalue weighted by Gasteiger charge is 2.13. The zero-order chi connectivity index (χ0) is 15.4. The second-order valence-electron chi connectivity index (χ2n) is 4.37. The van der Waals surface area contributed by atoms with Gasteiger partial charge in [-0.2, -0.15) is 0 Å². The summed E-state index contributed by atoms with van der Waals surface area (Å²) in [5, 5.41) is 14.1. The third kappa shape index (κ3) is 3.96. The van der Waals surface area contributed by atoms with Gasteiger partial charge in [0, 0.05) is 35.3 Å². The molecule has 0 unspecified atom stereocenters. The molecule has 4 nitrogen and oxygen atoms in total. The first-order chi connectivity index (χ1) is 9.97. The van der Waals surface area contributed by atoms with Crippen LogP contribution in [0.3, 0.4) is 0 Å². The minimum Gasteiger partial charge on any atom is -0.308 e. The predicted octanol–water partition coefficient (Wildman–Crippen LogP) is 3.82. The fourth-order valence-electron chi connectivity index (χ4n) is 1.88. The molecule has 0 bridgehead atoms. The maximum atomic E-state index is 13.4. The van der Waals surface area contributed by atoms with E-state index in [1.165, 1.54) is 18.2 Å². The molecule has 0 aliphatic heterocycles. The second kappa shape index (κ2) is 6.60. The Morgan fingerprint density at radius 1 is 1.10 bits per heavy atom. The standard InChI is InChI=1S/C14H11ClF2N2O2/c15-11-1-4-14(19(20)21)10(5-11)8-18-7-9-6-12(16)2-3-13(9)17/h1-6,18H,7-8H2. The van der Waals surface area contributed by atoms with Gasteiger partial charge in [0.05, 0.1) is 4.92 Å². The van der Waals surface area contributed by atoms with Crippen LogP contribution in [-0.2, 0) is 13.1 Å². The Hall–Kier alpha value is -2.05. The molecule has 0 atom stereocenters. The number of hydrogen-bond acceptors (Lipinski definition) is 3. The maximum absolute atomic E-state index is 13.4. The van der Waals surface area contributed by atoms with Crippen LogP contribution in [0.4, 0.5) is 14.5 Å². The van der Waals surface area contributed by atoms with E-state index in [9.17, 15) is 18.9 Å². The number of nitro benzene ring substituents is 1. The lowest BCUT2D eigenvalue weighted by Gasteiger charge is -2.07. The summed E-state index contributed by atoms with van der Waals surface area (Å²) in [5.74, 6) is -1.08. The van der Waals surface area contributed by atoms with Crippen molar-refractivity contribution in [2.24, 2.45) is 0 Å². The number of hydrogen-bond donors (Lipinski definition) is 1. The molecule has 2 aromatic rings. The summed E-state index contributed by atoms with van der Waals surface area (Å²) < 4.78 is 26.5. The number of halogens is 3. The van der Waals surface area contributed by atoms with Gasteiger partial charge in [-0.1, -0.05) is 11.6 Å². The normalized spacial score (nSPS) is 10.6. The highest BCUT2D eigenvalue weighted by molar-refractivity contribution is 6.30. The lowest BCUT2D eigenvalue weighted by Crippen LogP contribution is -2.15. The molecule has 2 rings (SSSR count). The Morgan fingerprint density at radius 2 is 1.81 bits per heavy atom. The summed E-state index contributed by atoms with van der Waals surface area (Å²) in [6.07, 6.45) is 0. The van der Waals surface area contributed by atoms with Gasteiger partial charge in [-0.15, -0.1) is 0 Å². The molecule has 0 fully saturated rings. The van der Waals surface area contributed by atoms with E-state index in [4.69, 9.17) is 11.6 Å². The van der Waals surface area contributed by atoms with Gasteiger partial charge in [0.2, 0.25) is 0 Å². The molecular weight excluding hydrogens is 302 g/mol. The highest BCUT2D eigenvalue weighted by Crippen LogP contribution is 2.22. The van der Waals surface area contributed by atoms with Gasteiger partial charge >= 0.3 is 0 Å². The fourth-order valence-corrected chi connectivity index (χ4v) is 2.08. The Morgan fingerprint density at radius 3 is 2.52 bits per heavy atom. The third-order valence-corrected chi connectivity index (χ3v) is 3.11. The van der Waals surface area contributed by atoms with Crippen LogP contribution in [0, 0.1) is 21.7 Å². The summed E-state index contributed by atoms with van der Waals surface area (Å²) in [4.78, 5) is 10.4. The molecule has 2 aromatic carbocycles. The Labute approximate surface area is 124 Å². The summed E-state index contributed by atoms with van der Waals surface area (Å²) in [6.45, 7) is 0.167. The van der Waals surface area contributed by atoms with Crippen LogP contribution in [0.25, 0.3) is 0 Å². The van der Waals surface area contributed by atoms with E-state index < -0.39 is 16.6 Å². The number of rotatable bonds is 5. The van der Waals surface area contributed by atoms with Crippen LogP contribution in [-0.4, -0.2) is 4.92 Å². The largest absolute Gasteiger partial charge is 0.308 e. The number of benzene rings is 2. The van der Waals surface area contributed by atoms with Gasteiger partial charge in [-0.25, -0.2) is 8.78 Å². The molecular formula is C14H11ClF2N2O2. The van der Waals surface area contributed by atoms with E-state index in [1.54, 1.807) is 0 Å². The molecule has 0 aliphatic carbocycles. The lowest BCUT2D eigenvalue weighted by atomic mass is 10.1. The zero-order valence-electron chi connectivity index (χ0n) is 10.8. The molecule has 0 saturated carbocycles. The average Bonchev–Trinajstić information content (AvgIpc) is 2.42. The Kier molecular flexibility index (Phi) is 4.82.